The van der Waals surface area contributed by atoms with E-state index in [-0.39, 0.29) is 17.9 Å². The van der Waals surface area contributed by atoms with Crippen LogP contribution in [0.1, 0.15) is 16.8 Å². The van der Waals surface area contributed by atoms with Crippen molar-refractivity contribution < 1.29 is 9.59 Å². The van der Waals surface area contributed by atoms with Crippen LogP contribution in [-0.4, -0.2) is 35.8 Å². The number of amides is 2. The normalized spacial score (nSPS) is 18.4. The van der Waals surface area contributed by atoms with E-state index >= 15 is 0 Å². The molecule has 2 rings (SSSR count). The number of benzene rings is 1. The second kappa shape index (κ2) is 5.49. The average molecular weight is 244 g/mol. The van der Waals surface area contributed by atoms with Crippen molar-refractivity contribution in [2.45, 2.75) is 12.5 Å². The molecule has 94 valence electrons. The highest BCUT2D eigenvalue weighted by Gasteiger charge is 2.27. The Balaban J connectivity index is 1.95. The molecule has 18 heavy (non-hydrogen) atoms. The zero-order chi connectivity index (χ0) is 13.0. The largest absolute Gasteiger partial charge is 0.348 e. The van der Waals surface area contributed by atoms with Gasteiger partial charge in [0.2, 0.25) is 5.91 Å². The lowest BCUT2D eigenvalue weighted by molar-refractivity contribution is -0.117. The van der Waals surface area contributed by atoms with Crippen molar-refractivity contribution in [1.82, 2.24) is 10.2 Å². The first-order valence-corrected chi connectivity index (χ1v) is 5.98. The zero-order valence-corrected chi connectivity index (χ0v) is 10.1. The lowest BCUT2D eigenvalue weighted by atomic mass is 10.2. The molecular weight excluding hydrogens is 228 g/mol. The Hall–Kier alpha value is -2.10. The number of hydrogen-bond donors (Lipinski definition) is 1. The summed E-state index contributed by atoms with van der Waals surface area (Å²) in [5.41, 5.74) is 0.688. The van der Waals surface area contributed by atoms with Gasteiger partial charge in [-0.3, -0.25) is 9.59 Å². The Morgan fingerprint density at radius 1 is 1.33 bits per heavy atom. The van der Waals surface area contributed by atoms with Gasteiger partial charge in [0.05, 0.1) is 0 Å². The highest BCUT2D eigenvalue weighted by molar-refractivity contribution is 5.94. The fourth-order valence-corrected chi connectivity index (χ4v) is 2.09. The van der Waals surface area contributed by atoms with Crippen LogP contribution in [0.2, 0.25) is 0 Å². The molecular formula is C14H16N2O2. The third-order valence-corrected chi connectivity index (χ3v) is 3.03. The van der Waals surface area contributed by atoms with Crippen LogP contribution in [-0.2, 0) is 4.79 Å². The summed E-state index contributed by atoms with van der Waals surface area (Å²) >= 11 is 0. The quantitative estimate of drug-likeness (QED) is 0.812. The lowest BCUT2D eigenvalue weighted by Gasteiger charge is -2.16. The monoisotopic (exact) mass is 244 g/mol. The van der Waals surface area contributed by atoms with Crippen molar-refractivity contribution in [2.24, 2.45) is 0 Å². The van der Waals surface area contributed by atoms with E-state index in [1.807, 2.05) is 18.2 Å². The Morgan fingerprint density at radius 3 is 2.72 bits per heavy atom. The first-order valence-electron chi connectivity index (χ1n) is 5.98. The summed E-state index contributed by atoms with van der Waals surface area (Å²) in [6.45, 7) is 4.65. The molecule has 0 saturated carbocycles. The fraction of sp³-hybridized carbons (Fsp3) is 0.286. The van der Waals surface area contributed by atoms with Gasteiger partial charge in [0.25, 0.3) is 5.91 Å². The van der Waals surface area contributed by atoms with Gasteiger partial charge < -0.3 is 10.2 Å². The third-order valence-electron chi connectivity index (χ3n) is 3.03. The van der Waals surface area contributed by atoms with Crippen LogP contribution >= 0.6 is 0 Å². The van der Waals surface area contributed by atoms with Crippen molar-refractivity contribution in [3.8, 4) is 0 Å². The summed E-state index contributed by atoms with van der Waals surface area (Å²) in [5, 5.41) is 2.81. The second-order valence-corrected chi connectivity index (χ2v) is 4.32. The van der Waals surface area contributed by atoms with E-state index in [0.29, 0.717) is 18.7 Å². The minimum absolute atomic E-state index is 0.0194. The van der Waals surface area contributed by atoms with Gasteiger partial charge in [-0.25, -0.2) is 0 Å². The molecule has 1 saturated heterocycles. The first-order chi connectivity index (χ1) is 8.70. The minimum atomic E-state index is -0.186. The SMILES string of the molecule is C=CC(=O)NC1CCN(C(=O)c2ccccc2)C1. The lowest BCUT2D eigenvalue weighted by Crippen LogP contribution is -2.37. The summed E-state index contributed by atoms with van der Waals surface area (Å²) in [5.74, 6) is -0.167. The van der Waals surface area contributed by atoms with Gasteiger partial charge in [-0.05, 0) is 24.6 Å². The van der Waals surface area contributed by atoms with Gasteiger partial charge in [-0.2, -0.15) is 0 Å². The number of nitrogens with zero attached hydrogens (tertiary/aromatic N) is 1. The van der Waals surface area contributed by atoms with Crippen LogP contribution in [0, 0.1) is 0 Å². The Bertz CT molecular complexity index is 456. The molecule has 0 aromatic heterocycles. The van der Waals surface area contributed by atoms with Crippen LogP contribution in [0.5, 0.6) is 0 Å². The Labute approximate surface area is 106 Å². The summed E-state index contributed by atoms with van der Waals surface area (Å²) in [4.78, 5) is 25.1. The van der Waals surface area contributed by atoms with Crippen molar-refractivity contribution in [3.05, 3.63) is 48.6 Å². The highest BCUT2D eigenvalue weighted by atomic mass is 16.2. The number of rotatable bonds is 3. The number of carbonyl (C=O) groups excluding carboxylic acids is 2. The molecule has 4 nitrogen and oxygen atoms in total. The summed E-state index contributed by atoms with van der Waals surface area (Å²) in [6.07, 6.45) is 2.04. The topological polar surface area (TPSA) is 49.4 Å². The van der Waals surface area contributed by atoms with Crippen LogP contribution in [0.15, 0.2) is 43.0 Å². The Morgan fingerprint density at radius 2 is 2.06 bits per heavy atom. The molecule has 1 aromatic carbocycles. The summed E-state index contributed by atoms with van der Waals surface area (Å²) in [7, 11) is 0. The van der Waals surface area contributed by atoms with Gasteiger partial charge in [-0.15, -0.1) is 0 Å². The average Bonchev–Trinajstić information content (AvgIpc) is 2.87. The molecule has 1 aliphatic rings. The zero-order valence-electron chi connectivity index (χ0n) is 10.1. The molecule has 1 fully saturated rings. The van der Waals surface area contributed by atoms with Crippen LogP contribution < -0.4 is 5.32 Å². The molecule has 4 heteroatoms. The maximum Gasteiger partial charge on any atom is 0.253 e. The van der Waals surface area contributed by atoms with Crippen molar-refractivity contribution in [3.63, 3.8) is 0 Å². The first kappa shape index (κ1) is 12.4. The molecule has 1 aliphatic heterocycles. The van der Waals surface area contributed by atoms with Crippen molar-refractivity contribution >= 4 is 11.8 Å². The molecule has 0 bridgehead atoms. The standard InChI is InChI=1S/C14H16N2O2/c1-2-13(17)15-12-8-9-16(10-12)14(18)11-6-4-3-5-7-11/h2-7,12H,1,8-10H2,(H,15,17). The van der Waals surface area contributed by atoms with E-state index in [1.54, 1.807) is 17.0 Å². The van der Waals surface area contributed by atoms with E-state index in [0.717, 1.165) is 6.42 Å². The molecule has 0 aliphatic carbocycles. The van der Waals surface area contributed by atoms with Crippen LogP contribution in [0.25, 0.3) is 0 Å². The molecule has 0 radical (unpaired) electrons. The van der Waals surface area contributed by atoms with Gasteiger partial charge in [0, 0.05) is 24.7 Å². The second-order valence-electron chi connectivity index (χ2n) is 4.32. The maximum absolute atomic E-state index is 12.1. The van der Waals surface area contributed by atoms with E-state index in [2.05, 4.69) is 11.9 Å². The predicted octanol–water partition coefficient (Wildman–Crippen LogP) is 1.20. The number of likely N-dealkylation sites (tertiary alicyclic amines) is 1. The predicted molar refractivity (Wildman–Crippen MR) is 69.1 cm³/mol. The highest BCUT2D eigenvalue weighted by Crippen LogP contribution is 2.13. The van der Waals surface area contributed by atoms with E-state index in [1.165, 1.54) is 6.08 Å². The van der Waals surface area contributed by atoms with E-state index in [4.69, 9.17) is 0 Å². The molecule has 1 unspecified atom stereocenters. The maximum atomic E-state index is 12.1. The van der Waals surface area contributed by atoms with E-state index in [9.17, 15) is 9.59 Å². The summed E-state index contributed by atoms with van der Waals surface area (Å²) in [6, 6.07) is 9.22. The molecule has 1 heterocycles. The van der Waals surface area contributed by atoms with Crippen molar-refractivity contribution in [2.75, 3.05) is 13.1 Å². The van der Waals surface area contributed by atoms with Gasteiger partial charge in [-0.1, -0.05) is 24.8 Å². The third kappa shape index (κ3) is 2.77. The van der Waals surface area contributed by atoms with Crippen molar-refractivity contribution in [1.29, 1.82) is 0 Å². The van der Waals surface area contributed by atoms with Crippen LogP contribution in [0.3, 0.4) is 0 Å². The molecule has 2 amide bonds. The van der Waals surface area contributed by atoms with E-state index < -0.39 is 0 Å². The van der Waals surface area contributed by atoms with Gasteiger partial charge in [0.1, 0.15) is 0 Å². The minimum Gasteiger partial charge on any atom is -0.348 e. The van der Waals surface area contributed by atoms with Gasteiger partial charge >= 0.3 is 0 Å². The molecule has 1 N–H and O–H groups in total. The smallest absolute Gasteiger partial charge is 0.253 e. The Kier molecular flexibility index (Phi) is 3.77. The number of hydrogen-bond acceptors (Lipinski definition) is 2. The number of carbonyl (C=O) groups is 2. The summed E-state index contributed by atoms with van der Waals surface area (Å²) < 4.78 is 0. The fourth-order valence-electron chi connectivity index (χ4n) is 2.09. The molecule has 1 atom stereocenters. The van der Waals surface area contributed by atoms with Crippen LogP contribution in [0.4, 0.5) is 0 Å². The number of nitrogens with one attached hydrogen (secondary N) is 1. The molecule has 1 aromatic rings. The molecule has 0 spiro atoms. The van der Waals surface area contributed by atoms with Gasteiger partial charge in [0.15, 0.2) is 0 Å².